The molecule has 0 radical (unpaired) electrons. The van der Waals surface area contributed by atoms with Gasteiger partial charge in [0, 0.05) is 44.5 Å². The molecule has 2 aromatic carbocycles. The second kappa shape index (κ2) is 8.90. The Labute approximate surface area is 164 Å². The van der Waals surface area contributed by atoms with E-state index in [0.29, 0.717) is 0 Å². The van der Waals surface area contributed by atoms with Crippen molar-refractivity contribution < 1.29 is 0 Å². The van der Waals surface area contributed by atoms with Gasteiger partial charge < -0.3 is 9.80 Å². The molecule has 0 amide bonds. The molecule has 4 rings (SSSR count). The average Bonchev–Trinajstić information content (AvgIpc) is 2.74. The summed E-state index contributed by atoms with van der Waals surface area (Å²) >= 11 is 0. The molecule has 144 valence electrons. The zero-order valence-electron chi connectivity index (χ0n) is 16.7. The van der Waals surface area contributed by atoms with E-state index in [1.807, 2.05) is 0 Å². The molecule has 2 aliphatic heterocycles. The lowest BCUT2D eigenvalue weighted by Crippen LogP contribution is -2.53. The van der Waals surface area contributed by atoms with Crippen molar-refractivity contribution in [2.75, 3.05) is 50.7 Å². The second-order valence-electron chi connectivity index (χ2n) is 8.17. The normalized spacial score (nSPS) is 20.1. The van der Waals surface area contributed by atoms with E-state index in [1.54, 1.807) is 0 Å². The van der Waals surface area contributed by atoms with Crippen LogP contribution in [0.2, 0.25) is 0 Å². The molecule has 0 saturated carbocycles. The van der Waals surface area contributed by atoms with Crippen molar-refractivity contribution in [2.24, 2.45) is 0 Å². The van der Waals surface area contributed by atoms with Gasteiger partial charge in [-0.15, -0.1) is 0 Å². The number of piperazine rings is 1. The van der Waals surface area contributed by atoms with Gasteiger partial charge in [0.1, 0.15) is 0 Å². The van der Waals surface area contributed by atoms with E-state index >= 15 is 0 Å². The van der Waals surface area contributed by atoms with E-state index in [-0.39, 0.29) is 0 Å². The molecule has 0 unspecified atom stereocenters. The molecule has 3 nitrogen and oxygen atoms in total. The first-order chi connectivity index (χ1) is 13.3. The Morgan fingerprint density at radius 3 is 2.11 bits per heavy atom. The molecule has 0 bridgehead atoms. The minimum Gasteiger partial charge on any atom is -0.369 e. The summed E-state index contributed by atoms with van der Waals surface area (Å²) in [5, 5.41) is 0. The molecule has 2 aromatic rings. The molecule has 0 spiro atoms. The minimum absolute atomic E-state index is 0.790. The Kier molecular flexibility index (Phi) is 6.10. The van der Waals surface area contributed by atoms with Crippen LogP contribution in [0.25, 0.3) is 0 Å². The summed E-state index contributed by atoms with van der Waals surface area (Å²) in [6.07, 6.45) is 3.85. The van der Waals surface area contributed by atoms with Gasteiger partial charge in [-0.1, -0.05) is 48.0 Å². The fourth-order valence-corrected chi connectivity index (χ4v) is 4.54. The highest BCUT2D eigenvalue weighted by atomic mass is 15.3. The van der Waals surface area contributed by atoms with E-state index in [2.05, 4.69) is 76.2 Å². The first-order valence-electron chi connectivity index (χ1n) is 10.6. The summed E-state index contributed by atoms with van der Waals surface area (Å²) in [5.74, 6) is 0. The van der Waals surface area contributed by atoms with Crippen molar-refractivity contribution in [2.45, 2.75) is 32.2 Å². The van der Waals surface area contributed by atoms with Crippen molar-refractivity contribution in [3.63, 3.8) is 0 Å². The summed E-state index contributed by atoms with van der Waals surface area (Å²) in [5.41, 5.74) is 4.19. The predicted molar refractivity (Wildman–Crippen MR) is 115 cm³/mol. The van der Waals surface area contributed by atoms with Crippen molar-refractivity contribution >= 4 is 5.69 Å². The quantitative estimate of drug-likeness (QED) is 0.799. The van der Waals surface area contributed by atoms with E-state index in [1.165, 1.54) is 68.8 Å². The standard InChI is InChI=1S/C24H33N3/c1-21-7-9-23(10-8-21)26-17-19-27(20-18-26)24-12-15-25(16-13-24)14-11-22-5-3-2-4-6-22/h2-10,24H,11-20H2,1H3. The predicted octanol–water partition coefficient (Wildman–Crippen LogP) is 3.82. The lowest BCUT2D eigenvalue weighted by atomic mass is 10.0. The van der Waals surface area contributed by atoms with Gasteiger partial charge in [0.15, 0.2) is 0 Å². The molecular formula is C24H33N3. The number of likely N-dealkylation sites (tertiary alicyclic amines) is 1. The van der Waals surface area contributed by atoms with Crippen LogP contribution in [0.3, 0.4) is 0 Å². The minimum atomic E-state index is 0.790. The summed E-state index contributed by atoms with van der Waals surface area (Å²) < 4.78 is 0. The highest BCUT2D eigenvalue weighted by Crippen LogP contribution is 2.22. The summed E-state index contributed by atoms with van der Waals surface area (Å²) in [7, 11) is 0. The maximum Gasteiger partial charge on any atom is 0.0367 e. The lowest BCUT2D eigenvalue weighted by molar-refractivity contribution is 0.104. The molecule has 3 heteroatoms. The van der Waals surface area contributed by atoms with Gasteiger partial charge in [-0.05, 0) is 57.0 Å². The molecular weight excluding hydrogens is 330 g/mol. The molecule has 2 fully saturated rings. The van der Waals surface area contributed by atoms with Gasteiger partial charge in [0.05, 0.1) is 0 Å². The van der Waals surface area contributed by atoms with Gasteiger partial charge >= 0.3 is 0 Å². The Hall–Kier alpha value is -1.84. The van der Waals surface area contributed by atoms with Crippen LogP contribution in [0, 0.1) is 6.92 Å². The van der Waals surface area contributed by atoms with Gasteiger partial charge in [-0.3, -0.25) is 4.90 Å². The number of anilines is 1. The smallest absolute Gasteiger partial charge is 0.0367 e. The van der Waals surface area contributed by atoms with Gasteiger partial charge in [0.2, 0.25) is 0 Å². The van der Waals surface area contributed by atoms with Gasteiger partial charge in [0.25, 0.3) is 0 Å². The Morgan fingerprint density at radius 2 is 1.44 bits per heavy atom. The number of nitrogens with zero attached hydrogens (tertiary/aromatic N) is 3. The number of hydrogen-bond donors (Lipinski definition) is 0. The van der Waals surface area contributed by atoms with Crippen LogP contribution in [-0.4, -0.2) is 61.7 Å². The van der Waals surface area contributed by atoms with Crippen molar-refractivity contribution in [1.82, 2.24) is 9.80 Å². The van der Waals surface area contributed by atoms with Crippen molar-refractivity contribution in [3.8, 4) is 0 Å². The molecule has 0 aromatic heterocycles. The van der Waals surface area contributed by atoms with Crippen molar-refractivity contribution in [3.05, 3.63) is 65.7 Å². The molecule has 27 heavy (non-hydrogen) atoms. The van der Waals surface area contributed by atoms with E-state index in [4.69, 9.17) is 0 Å². The highest BCUT2D eigenvalue weighted by Gasteiger charge is 2.27. The van der Waals surface area contributed by atoms with Crippen LogP contribution in [0.4, 0.5) is 5.69 Å². The lowest BCUT2D eigenvalue weighted by Gasteiger charge is -2.43. The van der Waals surface area contributed by atoms with Crippen LogP contribution in [0.1, 0.15) is 24.0 Å². The number of aryl methyl sites for hydroxylation is 1. The van der Waals surface area contributed by atoms with Gasteiger partial charge in [-0.2, -0.15) is 0 Å². The fraction of sp³-hybridized carbons (Fsp3) is 0.500. The van der Waals surface area contributed by atoms with Crippen LogP contribution >= 0.6 is 0 Å². The molecule has 0 atom stereocenters. The van der Waals surface area contributed by atoms with Crippen LogP contribution in [-0.2, 0) is 6.42 Å². The molecule has 0 N–H and O–H groups in total. The van der Waals surface area contributed by atoms with Gasteiger partial charge in [-0.25, -0.2) is 0 Å². The average molecular weight is 364 g/mol. The van der Waals surface area contributed by atoms with E-state index < -0.39 is 0 Å². The molecule has 2 saturated heterocycles. The third-order valence-electron chi connectivity index (χ3n) is 6.35. The third kappa shape index (κ3) is 4.91. The summed E-state index contributed by atoms with van der Waals surface area (Å²) in [6.45, 7) is 10.6. The Balaban J connectivity index is 1.20. The van der Waals surface area contributed by atoms with E-state index in [0.717, 1.165) is 19.1 Å². The second-order valence-corrected chi connectivity index (χ2v) is 8.17. The number of rotatable bonds is 5. The zero-order chi connectivity index (χ0) is 18.5. The third-order valence-corrected chi connectivity index (χ3v) is 6.35. The molecule has 2 heterocycles. The largest absolute Gasteiger partial charge is 0.369 e. The number of piperidine rings is 1. The maximum absolute atomic E-state index is 2.75. The summed E-state index contributed by atoms with van der Waals surface area (Å²) in [4.78, 5) is 7.95. The number of hydrogen-bond acceptors (Lipinski definition) is 3. The Morgan fingerprint density at radius 1 is 0.778 bits per heavy atom. The first kappa shape index (κ1) is 18.5. The van der Waals surface area contributed by atoms with Crippen molar-refractivity contribution in [1.29, 1.82) is 0 Å². The van der Waals surface area contributed by atoms with Crippen LogP contribution in [0.15, 0.2) is 54.6 Å². The summed E-state index contributed by atoms with van der Waals surface area (Å²) in [6, 6.07) is 20.7. The number of benzene rings is 2. The van der Waals surface area contributed by atoms with Crippen LogP contribution < -0.4 is 4.90 Å². The highest BCUT2D eigenvalue weighted by molar-refractivity contribution is 5.47. The first-order valence-corrected chi connectivity index (χ1v) is 10.6. The Bertz CT molecular complexity index is 681. The molecule has 2 aliphatic rings. The van der Waals surface area contributed by atoms with Crippen LogP contribution in [0.5, 0.6) is 0 Å². The monoisotopic (exact) mass is 363 g/mol. The molecule has 0 aliphatic carbocycles. The fourth-order valence-electron chi connectivity index (χ4n) is 4.54. The topological polar surface area (TPSA) is 9.72 Å². The zero-order valence-corrected chi connectivity index (χ0v) is 16.7. The SMILES string of the molecule is Cc1ccc(N2CCN(C3CCN(CCc4ccccc4)CC3)CC2)cc1. The maximum atomic E-state index is 2.75. The van der Waals surface area contributed by atoms with E-state index in [9.17, 15) is 0 Å².